The zero-order chi connectivity index (χ0) is 13.7. The summed E-state index contributed by atoms with van der Waals surface area (Å²) >= 11 is 0. The largest absolute Gasteiger partial charge is 0.316 e. The van der Waals surface area contributed by atoms with Crippen molar-refractivity contribution < 1.29 is 9.63 Å². The van der Waals surface area contributed by atoms with Gasteiger partial charge in [0.05, 0.1) is 7.11 Å². The summed E-state index contributed by atoms with van der Waals surface area (Å²) in [5, 5.41) is 3.30. The lowest BCUT2D eigenvalue weighted by atomic mass is 9.90. The van der Waals surface area contributed by atoms with Crippen LogP contribution in [0.5, 0.6) is 0 Å². The van der Waals surface area contributed by atoms with E-state index in [0.717, 1.165) is 36.2 Å². The molecule has 1 saturated heterocycles. The summed E-state index contributed by atoms with van der Waals surface area (Å²) in [5.74, 6) is 0.105. The van der Waals surface area contributed by atoms with Crippen LogP contribution in [0.3, 0.4) is 0 Å². The Morgan fingerprint density at radius 3 is 2.68 bits per heavy atom. The average Bonchev–Trinajstić information content (AvgIpc) is 2.94. The third-order valence-electron chi connectivity index (χ3n) is 3.52. The zero-order valence-corrected chi connectivity index (χ0v) is 11.4. The highest BCUT2D eigenvalue weighted by atomic mass is 16.6. The van der Waals surface area contributed by atoms with Gasteiger partial charge in [0.2, 0.25) is 0 Å². The Kier molecular flexibility index (Phi) is 4.71. The summed E-state index contributed by atoms with van der Waals surface area (Å²) < 4.78 is 0. The topological polar surface area (TPSA) is 50.4 Å². The van der Waals surface area contributed by atoms with Crippen molar-refractivity contribution in [1.82, 2.24) is 10.8 Å². The lowest BCUT2D eigenvalue weighted by Crippen LogP contribution is -2.29. The molecule has 0 spiro atoms. The van der Waals surface area contributed by atoms with Gasteiger partial charge in [-0.1, -0.05) is 30.3 Å². The highest BCUT2D eigenvalue weighted by Gasteiger charge is 2.26. The maximum absolute atomic E-state index is 12.2. The van der Waals surface area contributed by atoms with Crippen molar-refractivity contribution in [3.8, 4) is 0 Å². The number of hydrogen-bond acceptors (Lipinski definition) is 3. The van der Waals surface area contributed by atoms with Gasteiger partial charge in [-0.05, 0) is 31.0 Å². The molecule has 1 aromatic rings. The number of hydroxylamine groups is 1. The number of rotatable bonds is 4. The van der Waals surface area contributed by atoms with Gasteiger partial charge in [0.1, 0.15) is 0 Å². The Hall–Kier alpha value is -1.65. The van der Waals surface area contributed by atoms with Crippen LogP contribution in [0.1, 0.15) is 18.9 Å². The second kappa shape index (κ2) is 6.50. The molecule has 1 aliphatic rings. The van der Waals surface area contributed by atoms with Gasteiger partial charge in [0, 0.05) is 18.0 Å². The maximum atomic E-state index is 12.2. The van der Waals surface area contributed by atoms with Gasteiger partial charge in [-0.3, -0.25) is 9.63 Å². The Bertz CT molecular complexity index is 462. The van der Waals surface area contributed by atoms with E-state index >= 15 is 0 Å². The average molecular weight is 260 g/mol. The van der Waals surface area contributed by atoms with Crippen LogP contribution in [-0.2, 0) is 9.63 Å². The molecule has 0 radical (unpaired) electrons. The quantitative estimate of drug-likeness (QED) is 0.640. The predicted molar refractivity (Wildman–Crippen MR) is 75.2 cm³/mol. The van der Waals surface area contributed by atoms with Gasteiger partial charge < -0.3 is 5.32 Å². The van der Waals surface area contributed by atoms with Gasteiger partial charge in [0.15, 0.2) is 0 Å². The fourth-order valence-corrected chi connectivity index (χ4v) is 2.55. The molecule has 1 fully saturated rings. The minimum absolute atomic E-state index is 0.141. The SMILES string of the molecule is CONC(=O)/C(=C(/C)c1ccccc1)C1CCNC1. The van der Waals surface area contributed by atoms with E-state index < -0.39 is 0 Å². The summed E-state index contributed by atoms with van der Waals surface area (Å²) in [6, 6.07) is 9.99. The Labute approximate surface area is 113 Å². The molecule has 4 nitrogen and oxygen atoms in total. The summed E-state index contributed by atoms with van der Waals surface area (Å²) in [7, 11) is 1.46. The minimum atomic E-state index is -0.141. The monoisotopic (exact) mass is 260 g/mol. The molecular weight excluding hydrogens is 240 g/mol. The van der Waals surface area contributed by atoms with Crippen LogP contribution in [0.25, 0.3) is 5.57 Å². The molecule has 4 heteroatoms. The van der Waals surface area contributed by atoms with Crippen LogP contribution in [0.2, 0.25) is 0 Å². The van der Waals surface area contributed by atoms with Crippen molar-refractivity contribution in [1.29, 1.82) is 0 Å². The number of benzene rings is 1. The smallest absolute Gasteiger partial charge is 0.271 e. The van der Waals surface area contributed by atoms with E-state index in [1.54, 1.807) is 0 Å². The normalized spacial score (nSPS) is 20.0. The highest BCUT2D eigenvalue weighted by molar-refractivity contribution is 6.00. The lowest BCUT2D eigenvalue weighted by molar-refractivity contribution is -0.127. The van der Waals surface area contributed by atoms with E-state index in [1.807, 2.05) is 37.3 Å². The van der Waals surface area contributed by atoms with E-state index in [1.165, 1.54) is 7.11 Å². The minimum Gasteiger partial charge on any atom is -0.316 e. The maximum Gasteiger partial charge on any atom is 0.271 e. The molecule has 2 N–H and O–H groups in total. The Morgan fingerprint density at radius 2 is 2.11 bits per heavy atom. The van der Waals surface area contributed by atoms with Crippen LogP contribution < -0.4 is 10.8 Å². The van der Waals surface area contributed by atoms with Gasteiger partial charge in [-0.15, -0.1) is 0 Å². The number of hydrogen-bond donors (Lipinski definition) is 2. The summed E-state index contributed by atoms with van der Waals surface area (Å²) in [4.78, 5) is 17.0. The van der Waals surface area contributed by atoms with Crippen LogP contribution in [0.4, 0.5) is 0 Å². The second-order valence-electron chi connectivity index (χ2n) is 4.73. The number of amides is 1. The first kappa shape index (κ1) is 13.8. The standard InChI is InChI=1S/C15H20N2O2/c1-11(12-6-4-3-5-7-12)14(15(18)17-19-2)13-8-9-16-10-13/h3-7,13,16H,8-10H2,1-2H3,(H,17,18)/b14-11-. The molecule has 19 heavy (non-hydrogen) atoms. The van der Waals surface area contributed by atoms with Crippen molar-refractivity contribution in [2.45, 2.75) is 13.3 Å². The molecule has 0 bridgehead atoms. The van der Waals surface area contributed by atoms with Crippen molar-refractivity contribution >= 4 is 11.5 Å². The van der Waals surface area contributed by atoms with E-state index in [0.29, 0.717) is 0 Å². The van der Waals surface area contributed by atoms with Gasteiger partial charge in [0.25, 0.3) is 5.91 Å². The van der Waals surface area contributed by atoms with Crippen molar-refractivity contribution in [2.24, 2.45) is 5.92 Å². The van der Waals surface area contributed by atoms with Crippen LogP contribution in [0, 0.1) is 5.92 Å². The predicted octanol–water partition coefficient (Wildman–Crippen LogP) is 1.75. The van der Waals surface area contributed by atoms with Gasteiger partial charge in [-0.2, -0.15) is 0 Å². The van der Waals surface area contributed by atoms with Crippen LogP contribution in [0.15, 0.2) is 35.9 Å². The molecule has 1 atom stereocenters. The van der Waals surface area contributed by atoms with E-state index in [2.05, 4.69) is 10.8 Å². The molecular formula is C15H20N2O2. The first-order chi connectivity index (χ1) is 9.24. The van der Waals surface area contributed by atoms with Crippen molar-refractivity contribution in [2.75, 3.05) is 20.2 Å². The Morgan fingerprint density at radius 1 is 1.37 bits per heavy atom. The first-order valence-corrected chi connectivity index (χ1v) is 6.54. The molecule has 0 aliphatic carbocycles. The first-order valence-electron chi connectivity index (χ1n) is 6.54. The number of allylic oxidation sites excluding steroid dienone is 1. The number of nitrogens with one attached hydrogen (secondary N) is 2. The van der Waals surface area contributed by atoms with Crippen molar-refractivity contribution in [3.05, 3.63) is 41.5 Å². The fourth-order valence-electron chi connectivity index (χ4n) is 2.55. The third kappa shape index (κ3) is 3.22. The molecule has 2 rings (SSSR count). The zero-order valence-electron chi connectivity index (χ0n) is 11.4. The van der Waals surface area contributed by atoms with Crippen molar-refractivity contribution in [3.63, 3.8) is 0 Å². The van der Waals surface area contributed by atoms with E-state index in [-0.39, 0.29) is 11.8 Å². The molecule has 1 aliphatic heterocycles. The number of carbonyl (C=O) groups excluding carboxylic acids is 1. The number of carbonyl (C=O) groups is 1. The van der Waals surface area contributed by atoms with Gasteiger partial charge >= 0.3 is 0 Å². The summed E-state index contributed by atoms with van der Waals surface area (Å²) in [5.41, 5.74) is 5.36. The van der Waals surface area contributed by atoms with Crippen LogP contribution >= 0.6 is 0 Å². The molecule has 0 saturated carbocycles. The molecule has 1 amide bonds. The van der Waals surface area contributed by atoms with Crippen LogP contribution in [-0.4, -0.2) is 26.1 Å². The third-order valence-corrected chi connectivity index (χ3v) is 3.52. The fraction of sp³-hybridized carbons (Fsp3) is 0.400. The summed E-state index contributed by atoms with van der Waals surface area (Å²) in [6.45, 7) is 3.80. The van der Waals surface area contributed by atoms with E-state index in [4.69, 9.17) is 4.84 Å². The lowest BCUT2D eigenvalue weighted by Gasteiger charge is -2.17. The molecule has 1 aromatic carbocycles. The molecule has 102 valence electrons. The summed E-state index contributed by atoms with van der Waals surface area (Å²) in [6.07, 6.45) is 0.983. The Balaban J connectivity index is 2.37. The molecule has 0 aromatic heterocycles. The highest BCUT2D eigenvalue weighted by Crippen LogP contribution is 2.27. The second-order valence-corrected chi connectivity index (χ2v) is 4.73. The molecule has 1 heterocycles. The van der Waals surface area contributed by atoms with Gasteiger partial charge in [-0.25, -0.2) is 5.48 Å². The van der Waals surface area contributed by atoms with E-state index in [9.17, 15) is 4.79 Å². The molecule has 1 unspecified atom stereocenters.